The van der Waals surface area contributed by atoms with E-state index in [-0.39, 0.29) is 28.2 Å². The number of nitrogens with zero attached hydrogens (tertiary/aromatic N) is 5. The number of aryl methyl sites for hydroxylation is 1. The normalized spacial score (nSPS) is 10.8. The van der Waals surface area contributed by atoms with Gasteiger partial charge in [-0.05, 0) is 17.7 Å². The molecule has 0 saturated carbocycles. The lowest BCUT2D eigenvalue weighted by molar-refractivity contribution is 0.102. The third-order valence-corrected chi connectivity index (χ3v) is 3.74. The Morgan fingerprint density at radius 3 is 2.75 bits per heavy atom. The summed E-state index contributed by atoms with van der Waals surface area (Å²) in [5.41, 5.74) is 0.755. The van der Waals surface area contributed by atoms with Gasteiger partial charge < -0.3 is 0 Å². The molecule has 0 bridgehead atoms. The van der Waals surface area contributed by atoms with Gasteiger partial charge in [-0.25, -0.2) is 14.1 Å². The second kappa shape index (κ2) is 6.58. The van der Waals surface area contributed by atoms with Crippen LogP contribution in [0.2, 0.25) is 10.0 Å². The van der Waals surface area contributed by atoms with Gasteiger partial charge >= 0.3 is 0 Å². The molecule has 0 aliphatic rings. The molecule has 2 heterocycles. The number of carbonyl (C=O) groups excluding carboxylic acids is 1. The summed E-state index contributed by atoms with van der Waals surface area (Å²) >= 11 is 11.9. The first kappa shape index (κ1) is 16.4. The highest BCUT2D eigenvalue weighted by Gasteiger charge is 2.16. The largest absolute Gasteiger partial charge is 0.288 e. The highest BCUT2D eigenvalue weighted by atomic mass is 35.5. The first-order valence-corrected chi connectivity index (χ1v) is 7.52. The number of benzene rings is 1. The van der Waals surface area contributed by atoms with Crippen LogP contribution in [-0.2, 0) is 13.6 Å². The molecule has 0 spiro atoms. The Hall–Kier alpha value is -2.45. The number of anilines is 1. The van der Waals surface area contributed by atoms with Crippen molar-refractivity contribution < 1.29 is 9.18 Å². The Morgan fingerprint density at radius 2 is 2.08 bits per heavy atom. The molecular formula is C14H11Cl2FN6O. The zero-order valence-corrected chi connectivity index (χ0v) is 13.9. The maximum absolute atomic E-state index is 13.0. The quantitative estimate of drug-likeness (QED) is 0.767. The van der Waals surface area contributed by atoms with E-state index in [4.69, 9.17) is 23.2 Å². The van der Waals surface area contributed by atoms with E-state index >= 15 is 0 Å². The Bertz CT molecular complexity index is 907. The summed E-state index contributed by atoms with van der Waals surface area (Å²) in [4.78, 5) is 16.1. The number of hydrogen-bond acceptors (Lipinski definition) is 4. The molecular weight excluding hydrogens is 358 g/mol. The van der Waals surface area contributed by atoms with E-state index in [1.807, 2.05) is 0 Å². The predicted molar refractivity (Wildman–Crippen MR) is 86.7 cm³/mol. The fourth-order valence-electron chi connectivity index (χ4n) is 2.03. The molecule has 0 unspecified atom stereocenters. The lowest BCUT2D eigenvalue weighted by Gasteiger charge is -2.04. The third-order valence-electron chi connectivity index (χ3n) is 3.11. The minimum atomic E-state index is -0.516. The van der Waals surface area contributed by atoms with Gasteiger partial charge in [0, 0.05) is 18.3 Å². The van der Waals surface area contributed by atoms with Crippen LogP contribution in [0.25, 0.3) is 0 Å². The monoisotopic (exact) mass is 368 g/mol. The van der Waals surface area contributed by atoms with Crippen molar-refractivity contribution in [1.29, 1.82) is 0 Å². The summed E-state index contributed by atoms with van der Waals surface area (Å²) in [6.07, 6.45) is 2.94. The van der Waals surface area contributed by atoms with Crippen LogP contribution < -0.4 is 5.32 Å². The summed E-state index contributed by atoms with van der Waals surface area (Å²) in [7, 11) is 1.65. The molecule has 3 aromatic rings. The smallest absolute Gasteiger partial charge is 0.280 e. The molecule has 1 aromatic carbocycles. The van der Waals surface area contributed by atoms with Crippen LogP contribution in [0.5, 0.6) is 0 Å². The molecule has 1 N–H and O–H groups in total. The molecule has 2 aromatic heterocycles. The zero-order valence-electron chi connectivity index (χ0n) is 12.4. The van der Waals surface area contributed by atoms with Gasteiger partial charge in [0.05, 0.1) is 11.6 Å². The molecule has 124 valence electrons. The summed E-state index contributed by atoms with van der Waals surface area (Å²) in [6, 6.07) is 4.09. The molecule has 0 aliphatic heterocycles. The molecule has 0 fully saturated rings. The highest BCUT2D eigenvalue weighted by molar-refractivity contribution is 6.34. The van der Waals surface area contributed by atoms with Gasteiger partial charge in [0.25, 0.3) is 5.91 Å². The molecule has 1 amide bonds. The second-order valence-corrected chi connectivity index (χ2v) is 5.77. The number of aromatic nitrogens is 5. The van der Waals surface area contributed by atoms with Gasteiger partial charge in [0.15, 0.2) is 5.69 Å². The Balaban J connectivity index is 1.71. The van der Waals surface area contributed by atoms with Gasteiger partial charge in [-0.1, -0.05) is 29.3 Å². The molecule has 0 atom stereocenters. The van der Waals surface area contributed by atoms with Crippen molar-refractivity contribution in [1.82, 2.24) is 24.5 Å². The van der Waals surface area contributed by atoms with Gasteiger partial charge in [0.1, 0.15) is 12.1 Å². The van der Waals surface area contributed by atoms with Crippen molar-refractivity contribution in [3.05, 3.63) is 57.8 Å². The van der Waals surface area contributed by atoms with Crippen molar-refractivity contribution in [2.75, 3.05) is 5.32 Å². The number of rotatable bonds is 4. The summed E-state index contributed by atoms with van der Waals surface area (Å²) in [6.45, 7) is 0.284. The lowest BCUT2D eigenvalue weighted by atomic mass is 10.2. The van der Waals surface area contributed by atoms with Crippen LogP contribution in [0.1, 0.15) is 16.1 Å². The number of halogens is 3. The van der Waals surface area contributed by atoms with Gasteiger partial charge in [-0.2, -0.15) is 5.10 Å². The number of nitrogens with one attached hydrogen (secondary N) is 1. The van der Waals surface area contributed by atoms with Crippen LogP contribution in [-0.4, -0.2) is 30.5 Å². The molecule has 10 heteroatoms. The van der Waals surface area contributed by atoms with Crippen molar-refractivity contribution in [3.8, 4) is 0 Å². The SMILES string of the molecule is Cn1cc(Cl)c(C(=O)Nc2ncn(Cc3ccc(F)cc3Cl)n2)n1. The predicted octanol–water partition coefficient (Wildman–Crippen LogP) is 2.76. The molecule has 0 aliphatic carbocycles. The standard InChI is InChI=1S/C14H11Cl2FN6O/c1-22-6-11(16)12(20-22)13(24)19-14-18-7-23(21-14)5-8-2-3-9(17)4-10(8)15/h2-4,6-7H,5H2,1H3,(H,19,21,24). The first-order chi connectivity index (χ1) is 11.4. The maximum Gasteiger partial charge on any atom is 0.280 e. The number of carbonyl (C=O) groups is 1. The van der Waals surface area contributed by atoms with E-state index in [0.717, 1.165) is 0 Å². The Labute approximate surface area is 146 Å². The van der Waals surface area contributed by atoms with E-state index in [2.05, 4.69) is 20.5 Å². The molecule has 24 heavy (non-hydrogen) atoms. The van der Waals surface area contributed by atoms with E-state index < -0.39 is 11.7 Å². The number of hydrogen-bond donors (Lipinski definition) is 1. The van der Waals surface area contributed by atoms with E-state index in [1.54, 1.807) is 13.1 Å². The fraction of sp³-hybridized carbons (Fsp3) is 0.143. The fourth-order valence-corrected chi connectivity index (χ4v) is 2.52. The highest BCUT2D eigenvalue weighted by Crippen LogP contribution is 2.18. The first-order valence-electron chi connectivity index (χ1n) is 6.76. The molecule has 0 saturated heterocycles. The van der Waals surface area contributed by atoms with Crippen LogP contribution in [0, 0.1) is 5.82 Å². The zero-order chi connectivity index (χ0) is 17.3. The van der Waals surface area contributed by atoms with Crippen molar-refractivity contribution in [3.63, 3.8) is 0 Å². The Kier molecular flexibility index (Phi) is 4.50. The molecule has 0 radical (unpaired) electrons. The molecule has 7 nitrogen and oxygen atoms in total. The van der Waals surface area contributed by atoms with Crippen LogP contribution in [0.4, 0.5) is 10.3 Å². The summed E-state index contributed by atoms with van der Waals surface area (Å²) < 4.78 is 15.9. The number of amides is 1. The topological polar surface area (TPSA) is 77.6 Å². The van der Waals surface area contributed by atoms with Crippen LogP contribution >= 0.6 is 23.2 Å². The average Bonchev–Trinajstić information content (AvgIpc) is 3.08. The molecule has 3 rings (SSSR count). The second-order valence-electron chi connectivity index (χ2n) is 4.95. The van der Waals surface area contributed by atoms with Crippen molar-refractivity contribution in [2.45, 2.75) is 6.54 Å². The average molecular weight is 369 g/mol. The summed E-state index contributed by atoms with van der Waals surface area (Å²) in [5, 5.41) is 11.1. The van der Waals surface area contributed by atoms with Crippen molar-refractivity contribution >= 4 is 35.1 Å². The maximum atomic E-state index is 13.0. The van der Waals surface area contributed by atoms with E-state index in [9.17, 15) is 9.18 Å². The van der Waals surface area contributed by atoms with Crippen molar-refractivity contribution in [2.24, 2.45) is 7.05 Å². The Morgan fingerprint density at radius 1 is 1.29 bits per heavy atom. The lowest BCUT2D eigenvalue weighted by Crippen LogP contribution is -2.15. The minimum Gasteiger partial charge on any atom is -0.288 e. The van der Waals surface area contributed by atoms with E-state index in [0.29, 0.717) is 5.56 Å². The van der Waals surface area contributed by atoms with Gasteiger partial charge in [0.2, 0.25) is 5.95 Å². The minimum absolute atomic E-state index is 0.0806. The van der Waals surface area contributed by atoms with Gasteiger partial charge in [-0.3, -0.25) is 14.8 Å². The third kappa shape index (κ3) is 3.55. The van der Waals surface area contributed by atoms with Crippen LogP contribution in [0.3, 0.4) is 0 Å². The van der Waals surface area contributed by atoms with Crippen LogP contribution in [0.15, 0.2) is 30.7 Å². The summed E-state index contributed by atoms with van der Waals surface area (Å²) in [5.74, 6) is -0.833. The van der Waals surface area contributed by atoms with Gasteiger partial charge in [-0.15, -0.1) is 5.10 Å². The van der Waals surface area contributed by atoms with E-state index in [1.165, 1.54) is 34.0 Å².